The second-order valence-corrected chi connectivity index (χ2v) is 8.32. The lowest BCUT2D eigenvalue weighted by molar-refractivity contribution is -0.141. The molecule has 8 heteroatoms. The molecule has 170 valence electrons. The number of carbonyl (C=O) groups is 3. The number of amides is 3. The van der Waals surface area contributed by atoms with Crippen LogP contribution in [0.1, 0.15) is 32.6 Å². The van der Waals surface area contributed by atoms with Crippen molar-refractivity contribution in [2.75, 3.05) is 63.2 Å². The van der Waals surface area contributed by atoms with Crippen LogP contribution in [0, 0.1) is 5.92 Å². The van der Waals surface area contributed by atoms with Gasteiger partial charge in [-0.2, -0.15) is 0 Å². The number of anilines is 2. The average Bonchev–Trinajstić information content (AvgIpc) is 2.79. The molecule has 0 spiro atoms. The summed E-state index contributed by atoms with van der Waals surface area (Å²) in [5.74, 6) is -0.433. The molecule has 2 saturated heterocycles. The Hall–Kier alpha value is -2.61. The number of carbonyl (C=O) groups excluding carboxylic acids is 3. The van der Waals surface area contributed by atoms with Gasteiger partial charge in [-0.3, -0.25) is 14.4 Å². The molecular weight excluding hydrogens is 396 g/mol. The fourth-order valence-electron chi connectivity index (χ4n) is 4.16. The van der Waals surface area contributed by atoms with Gasteiger partial charge in [0.25, 0.3) is 0 Å². The summed E-state index contributed by atoms with van der Waals surface area (Å²) in [5.41, 5.74) is 1.81. The van der Waals surface area contributed by atoms with Crippen molar-refractivity contribution in [3.8, 4) is 0 Å². The number of morpholine rings is 1. The number of benzene rings is 1. The van der Waals surface area contributed by atoms with Crippen molar-refractivity contribution in [2.24, 2.45) is 5.92 Å². The van der Waals surface area contributed by atoms with Crippen molar-refractivity contribution < 1.29 is 19.1 Å². The van der Waals surface area contributed by atoms with Gasteiger partial charge >= 0.3 is 0 Å². The monoisotopic (exact) mass is 430 g/mol. The van der Waals surface area contributed by atoms with Crippen LogP contribution in [0.2, 0.25) is 0 Å². The minimum Gasteiger partial charge on any atom is -0.378 e. The minimum atomic E-state index is -0.236. The van der Waals surface area contributed by atoms with E-state index in [0.29, 0.717) is 25.2 Å². The SMILES string of the molecule is CCCC(=O)N1CCCC(C(=O)N(C)CC(=O)Nc2ccc(N3CCOCC3)cc2)C1. The van der Waals surface area contributed by atoms with E-state index in [1.165, 1.54) is 4.90 Å². The summed E-state index contributed by atoms with van der Waals surface area (Å²) in [6.07, 6.45) is 2.90. The van der Waals surface area contributed by atoms with Gasteiger partial charge in [-0.1, -0.05) is 6.92 Å². The molecule has 3 amide bonds. The van der Waals surface area contributed by atoms with E-state index in [1.54, 1.807) is 11.9 Å². The molecule has 3 rings (SSSR count). The van der Waals surface area contributed by atoms with Crippen LogP contribution in [0.5, 0.6) is 0 Å². The lowest BCUT2D eigenvalue weighted by atomic mass is 9.96. The predicted molar refractivity (Wildman–Crippen MR) is 120 cm³/mol. The van der Waals surface area contributed by atoms with E-state index in [0.717, 1.165) is 51.3 Å². The van der Waals surface area contributed by atoms with E-state index in [4.69, 9.17) is 4.74 Å². The molecule has 1 N–H and O–H groups in total. The number of likely N-dealkylation sites (N-methyl/N-ethyl adjacent to an activating group) is 1. The zero-order valence-corrected chi connectivity index (χ0v) is 18.6. The van der Waals surface area contributed by atoms with E-state index in [-0.39, 0.29) is 30.2 Å². The van der Waals surface area contributed by atoms with Crippen molar-refractivity contribution in [1.82, 2.24) is 9.80 Å². The van der Waals surface area contributed by atoms with Crippen LogP contribution in [0.4, 0.5) is 11.4 Å². The van der Waals surface area contributed by atoms with Crippen molar-refractivity contribution >= 4 is 29.1 Å². The number of ether oxygens (including phenoxy) is 1. The summed E-state index contributed by atoms with van der Waals surface area (Å²) in [4.78, 5) is 43.0. The summed E-state index contributed by atoms with van der Waals surface area (Å²) in [6.45, 7) is 6.31. The molecule has 2 fully saturated rings. The van der Waals surface area contributed by atoms with Crippen LogP contribution >= 0.6 is 0 Å². The first-order chi connectivity index (χ1) is 15.0. The highest BCUT2D eigenvalue weighted by Crippen LogP contribution is 2.21. The summed E-state index contributed by atoms with van der Waals surface area (Å²) < 4.78 is 5.38. The number of piperidine rings is 1. The normalized spacial score (nSPS) is 19.1. The van der Waals surface area contributed by atoms with Crippen LogP contribution in [0.3, 0.4) is 0 Å². The Labute approximate surface area is 184 Å². The van der Waals surface area contributed by atoms with Crippen molar-refractivity contribution in [2.45, 2.75) is 32.6 Å². The van der Waals surface area contributed by atoms with E-state index in [1.807, 2.05) is 31.2 Å². The van der Waals surface area contributed by atoms with E-state index >= 15 is 0 Å². The first-order valence-electron chi connectivity index (χ1n) is 11.2. The summed E-state index contributed by atoms with van der Waals surface area (Å²) in [6, 6.07) is 7.73. The molecule has 2 aliphatic heterocycles. The molecule has 2 aliphatic rings. The second kappa shape index (κ2) is 11.1. The topological polar surface area (TPSA) is 82.2 Å². The quantitative estimate of drug-likeness (QED) is 0.715. The Balaban J connectivity index is 1.48. The Morgan fingerprint density at radius 1 is 1.13 bits per heavy atom. The molecule has 1 aromatic carbocycles. The molecule has 0 bridgehead atoms. The highest BCUT2D eigenvalue weighted by Gasteiger charge is 2.30. The van der Waals surface area contributed by atoms with Crippen LogP contribution in [0.15, 0.2) is 24.3 Å². The first kappa shape index (κ1) is 23.1. The third-order valence-corrected chi connectivity index (χ3v) is 5.87. The van der Waals surface area contributed by atoms with E-state index in [9.17, 15) is 14.4 Å². The smallest absolute Gasteiger partial charge is 0.243 e. The second-order valence-electron chi connectivity index (χ2n) is 8.32. The Morgan fingerprint density at radius 3 is 2.52 bits per heavy atom. The maximum atomic E-state index is 12.8. The van der Waals surface area contributed by atoms with Gasteiger partial charge in [0.1, 0.15) is 0 Å². The zero-order valence-electron chi connectivity index (χ0n) is 18.6. The van der Waals surface area contributed by atoms with E-state index < -0.39 is 0 Å². The molecule has 1 unspecified atom stereocenters. The number of likely N-dealkylation sites (tertiary alicyclic amines) is 1. The molecule has 0 saturated carbocycles. The van der Waals surface area contributed by atoms with Gasteiger partial charge in [-0.05, 0) is 43.5 Å². The lowest BCUT2D eigenvalue weighted by Crippen LogP contribution is -2.47. The number of hydrogen-bond acceptors (Lipinski definition) is 5. The highest BCUT2D eigenvalue weighted by molar-refractivity contribution is 5.95. The third kappa shape index (κ3) is 6.43. The number of rotatable bonds is 7. The Bertz CT molecular complexity index is 761. The highest BCUT2D eigenvalue weighted by atomic mass is 16.5. The van der Waals surface area contributed by atoms with Crippen LogP contribution in [-0.4, -0.2) is 80.5 Å². The summed E-state index contributed by atoms with van der Waals surface area (Å²) in [7, 11) is 1.65. The van der Waals surface area contributed by atoms with Gasteiger partial charge in [0.2, 0.25) is 17.7 Å². The van der Waals surface area contributed by atoms with Crippen molar-refractivity contribution in [3.63, 3.8) is 0 Å². The van der Waals surface area contributed by atoms with Gasteiger partial charge < -0.3 is 24.8 Å². The summed E-state index contributed by atoms with van der Waals surface area (Å²) in [5, 5.41) is 2.86. The van der Waals surface area contributed by atoms with Gasteiger partial charge in [0, 0.05) is 51.0 Å². The standard InChI is InChI=1S/C23H34N4O4/c1-3-5-22(29)27-11-4-6-18(16-27)23(30)25(2)17-21(28)24-19-7-9-20(10-8-19)26-12-14-31-15-13-26/h7-10,18H,3-6,11-17H2,1-2H3,(H,24,28). The molecule has 0 radical (unpaired) electrons. The van der Waals surface area contributed by atoms with E-state index in [2.05, 4.69) is 10.2 Å². The minimum absolute atomic E-state index is 0.0105. The maximum Gasteiger partial charge on any atom is 0.243 e. The third-order valence-electron chi connectivity index (χ3n) is 5.87. The molecule has 0 aliphatic carbocycles. The Morgan fingerprint density at radius 2 is 1.84 bits per heavy atom. The fraction of sp³-hybridized carbons (Fsp3) is 0.609. The molecule has 8 nitrogen and oxygen atoms in total. The largest absolute Gasteiger partial charge is 0.378 e. The molecule has 1 aromatic rings. The summed E-state index contributed by atoms with van der Waals surface area (Å²) >= 11 is 0. The predicted octanol–water partition coefficient (Wildman–Crippen LogP) is 1.96. The molecule has 2 heterocycles. The number of nitrogens with one attached hydrogen (secondary N) is 1. The number of nitrogens with zero attached hydrogens (tertiary/aromatic N) is 3. The molecular formula is C23H34N4O4. The van der Waals surface area contributed by atoms with Crippen LogP contribution in [0.25, 0.3) is 0 Å². The molecule has 31 heavy (non-hydrogen) atoms. The van der Waals surface area contributed by atoms with Gasteiger partial charge in [0.05, 0.1) is 25.7 Å². The average molecular weight is 431 g/mol. The number of hydrogen-bond donors (Lipinski definition) is 1. The van der Waals surface area contributed by atoms with Crippen molar-refractivity contribution in [3.05, 3.63) is 24.3 Å². The fourth-order valence-corrected chi connectivity index (χ4v) is 4.16. The Kier molecular flexibility index (Phi) is 8.28. The lowest BCUT2D eigenvalue weighted by Gasteiger charge is -2.34. The first-order valence-corrected chi connectivity index (χ1v) is 11.2. The zero-order chi connectivity index (χ0) is 22.2. The van der Waals surface area contributed by atoms with Gasteiger partial charge in [-0.15, -0.1) is 0 Å². The van der Waals surface area contributed by atoms with Gasteiger partial charge in [-0.25, -0.2) is 0 Å². The van der Waals surface area contributed by atoms with Crippen LogP contribution < -0.4 is 10.2 Å². The molecule has 0 aromatic heterocycles. The van der Waals surface area contributed by atoms with Crippen LogP contribution in [-0.2, 0) is 19.1 Å². The molecule has 1 atom stereocenters. The van der Waals surface area contributed by atoms with Crippen molar-refractivity contribution in [1.29, 1.82) is 0 Å². The maximum absolute atomic E-state index is 12.8. The van der Waals surface area contributed by atoms with Gasteiger partial charge in [0.15, 0.2) is 0 Å².